The van der Waals surface area contributed by atoms with E-state index in [1.807, 2.05) is 6.92 Å². The van der Waals surface area contributed by atoms with E-state index in [0.717, 1.165) is 0 Å². The topological polar surface area (TPSA) is 113 Å². The van der Waals surface area contributed by atoms with E-state index >= 15 is 0 Å². The number of rotatable bonds is 5. The molecule has 2 amide bonds. The van der Waals surface area contributed by atoms with Gasteiger partial charge in [0.25, 0.3) is 5.56 Å². The highest BCUT2D eigenvalue weighted by Crippen LogP contribution is 2.31. The lowest BCUT2D eigenvalue weighted by molar-refractivity contribution is -0.123. The summed E-state index contributed by atoms with van der Waals surface area (Å²) < 4.78 is 5.21. The van der Waals surface area contributed by atoms with Crippen LogP contribution in [-0.4, -0.2) is 34.6 Å². The number of ether oxygens (including phenoxy) is 1. The lowest BCUT2D eigenvalue weighted by atomic mass is 9.92. The lowest BCUT2D eigenvalue weighted by Crippen LogP contribution is -2.36. The smallest absolute Gasteiger partial charge is 0.257 e. The molecule has 1 aromatic carbocycles. The normalized spacial score (nSPS) is 15.8. The number of benzene rings is 1. The van der Waals surface area contributed by atoms with Gasteiger partial charge in [0, 0.05) is 6.42 Å². The first kappa shape index (κ1) is 18.0. The van der Waals surface area contributed by atoms with E-state index in [0.29, 0.717) is 22.3 Å². The van der Waals surface area contributed by atoms with E-state index in [4.69, 9.17) is 4.74 Å². The summed E-state index contributed by atoms with van der Waals surface area (Å²) in [7, 11) is 1.50. The number of fused-ring (bicyclic) bond motifs is 1. The first-order valence-corrected chi connectivity index (χ1v) is 9.02. The molecule has 2 heterocycles. The standard InChI is InChI=1S/C17H18N4O4S/c1-3-26-17-20-14-13(16(24)21-17)9(8-12(22)19-14)15(23)18-10-6-4-5-7-11(10)25-2/h4-7,9H,3,8H2,1-2H3,(H,18,23)(H2,19,20,21,22,24). The third-order valence-corrected chi connectivity index (χ3v) is 4.65. The molecular weight excluding hydrogens is 356 g/mol. The number of nitrogens with one attached hydrogen (secondary N) is 3. The van der Waals surface area contributed by atoms with Crippen molar-refractivity contribution in [3.8, 4) is 5.75 Å². The zero-order chi connectivity index (χ0) is 18.7. The predicted octanol–water partition coefficient (Wildman–Crippen LogP) is 1.95. The number of aromatic amines is 1. The fraction of sp³-hybridized carbons (Fsp3) is 0.294. The summed E-state index contributed by atoms with van der Waals surface area (Å²) in [4.78, 5) is 44.2. The van der Waals surface area contributed by atoms with Crippen LogP contribution in [0.5, 0.6) is 5.75 Å². The molecule has 1 aliphatic heterocycles. The Morgan fingerprint density at radius 2 is 2.15 bits per heavy atom. The minimum absolute atomic E-state index is 0.126. The number of anilines is 2. The average Bonchev–Trinajstić information content (AvgIpc) is 2.61. The zero-order valence-electron chi connectivity index (χ0n) is 14.3. The molecule has 136 valence electrons. The summed E-state index contributed by atoms with van der Waals surface area (Å²) in [5, 5.41) is 5.72. The zero-order valence-corrected chi connectivity index (χ0v) is 15.1. The van der Waals surface area contributed by atoms with Crippen molar-refractivity contribution in [2.75, 3.05) is 23.5 Å². The minimum Gasteiger partial charge on any atom is -0.495 e. The van der Waals surface area contributed by atoms with Gasteiger partial charge in [-0.3, -0.25) is 14.4 Å². The van der Waals surface area contributed by atoms with E-state index in [-0.39, 0.29) is 23.7 Å². The highest BCUT2D eigenvalue weighted by atomic mass is 32.2. The largest absolute Gasteiger partial charge is 0.495 e. The average molecular weight is 374 g/mol. The Hall–Kier alpha value is -2.81. The first-order chi connectivity index (χ1) is 12.5. The highest BCUT2D eigenvalue weighted by Gasteiger charge is 2.35. The summed E-state index contributed by atoms with van der Waals surface area (Å²) in [5.41, 5.74) is 0.207. The number of thioether (sulfide) groups is 1. The van der Waals surface area contributed by atoms with Crippen LogP contribution in [0.2, 0.25) is 0 Å². The van der Waals surface area contributed by atoms with Crippen LogP contribution in [0.25, 0.3) is 0 Å². The molecule has 3 N–H and O–H groups in total. The Balaban J connectivity index is 1.95. The molecule has 0 saturated heterocycles. The number of hydrogen-bond donors (Lipinski definition) is 3. The molecule has 26 heavy (non-hydrogen) atoms. The number of methoxy groups -OCH3 is 1. The van der Waals surface area contributed by atoms with E-state index in [9.17, 15) is 14.4 Å². The van der Waals surface area contributed by atoms with Crippen LogP contribution >= 0.6 is 11.8 Å². The van der Waals surface area contributed by atoms with E-state index in [1.165, 1.54) is 18.9 Å². The number of amides is 2. The second kappa shape index (κ2) is 7.61. The molecule has 3 rings (SSSR count). The van der Waals surface area contributed by atoms with Gasteiger partial charge in [0.2, 0.25) is 11.8 Å². The number of hydrogen-bond acceptors (Lipinski definition) is 6. The van der Waals surface area contributed by atoms with Gasteiger partial charge in [-0.15, -0.1) is 0 Å². The maximum absolute atomic E-state index is 12.8. The molecule has 1 unspecified atom stereocenters. The van der Waals surface area contributed by atoms with Crippen molar-refractivity contribution < 1.29 is 14.3 Å². The number of carbonyl (C=O) groups excluding carboxylic acids is 2. The van der Waals surface area contributed by atoms with Crippen molar-refractivity contribution in [2.24, 2.45) is 0 Å². The minimum atomic E-state index is -0.930. The van der Waals surface area contributed by atoms with Crippen molar-refractivity contribution in [2.45, 2.75) is 24.4 Å². The summed E-state index contributed by atoms with van der Waals surface area (Å²) in [6.45, 7) is 1.92. The Morgan fingerprint density at radius 1 is 1.38 bits per heavy atom. The van der Waals surface area contributed by atoms with Gasteiger partial charge in [0.15, 0.2) is 5.16 Å². The van der Waals surface area contributed by atoms with E-state index < -0.39 is 17.4 Å². The summed E-state index contributed by atoms with van der Waals surface area (Å²) in [6, 6.07) is 6.92. The maximum atomic E-state index is 12.8. The third kappa shape index (κ3) is 3.57. The molecule has 1 aromatic heterocycles. The van der Waals surface area contributed by atoms with Crippen LogP contribution in [0.15, 0.2) is 34.2 Å². The number of aromatic nitrogens is 2. The Kier molecular flexibility index (Phi) is 5.27. The summed E-state index contributed by atoms with van der Waals surface area (Å²) in [6.07, 6.45) is -0.126. The maximum Gasteiger partial charge on any atom is 0.257 e. The second-order valence-corrected chi connectivity index (χ2v) is 6.81. The van der Waals surface area contributed by atoms with Crippen LogP contribution in [0, 0.1) is 0 Å². The van der Waals surface area contributed by atoms with E-state index in [1.54, 1.807) is 24.3 Å². The molecule has 1 aliphatic rings. The summed E-state index contributed by atoms with van der Waals surface area (Å²) in [5.74, 6) is -0.408. The molecule has 0 saturated carbocycles. The van der Waals surface area contributed by atoms with Gasteiger partial charge >= 0.3 is 0 Å². The monoisotopic (exact) mass is 374 g/mol. The molecule has 9 heteroatoms. The van der Waals surface area contributed by atoms with Gasteiger partial charge in [-0.2, -0.15) is 0 Å². The molecule has 2 aromatic rings. The van der Waals surface area contributed by atoms with Gasteiger partial charge in [-0.1, -0.05) is 30.8 Å². The molecule has 0 bridgehead atoms. The van der Waals surface area contributed by atoms with E-state index in [2.05, 4.69) is 20.6 Å². The van der Waals surface area contributed by atoms with Crippen molar-refractivity contribution in [1.82, 2.24) is 9.97 Å². The SMILES string of the molecule is CCSc1nc2c(c(=O)[nH]1)C(C(=O)Nc1ccccc1OC)CC(=O)N2. The number of nitrogens with zero attached hydrogens (tertiary/aromatic N) is 1. The van der Waals surface area contributed by atoms with Gasteiger partial charge < -0.3 is 20.4 Å². The molecule has 1 atom stereocenters. The molecule has 8 nitrogen and oxygen atoms in total. The fourth-order valence-electron chi connectivity index (χ4n) is 2.75. The number of para-hydroxylation sites is 2. The fourth-order valence-corrected chi connectivity index (χ4v) is 3.34. The summed E-state index contributed by atoms with van der Waals surface area (Å²) >= 11 is 1.35. The quantitative estimate of drug-likeness (QED) is 0.545. The van der Waals surface area contributed by atoms with Crippen LogP contribution in [0.1, 0.15) is 24.8 Å². The van der Waals surface area contributed by atoms with Crippen LogP contribution in [-0.2, 0) is 9.59 Å². The molecule has 0 aliphatic carbocycles. The first-order valence-electron chi connectivity index (χ1n) is 8.04. The second-order valence-electron chi connectivity index (χ2n) is 5.56. The van der Waals surface area contributed by atoms with Gasteiger partial charge in [0.1, 0.15) is 11.6 Å². The van der Waals surface area contributed by atoms with Crippen molar-refractivity contribution in [3.63, 3.8) is 0 Å². The molecule has 0 radical (unpaired) electrons. The van der Waals surface area contributed by atoms with Crippen LogP contribution in [0.4, 0.5) is 11.5 Å². The Labute approximate surface area is 153 Å². The Morgan fingerprint density at radius 3 is 2.88 bits per heavy atom. The Bertz CT molecular complexity index is 912. The molecule has 0 fully saturated rings. The van der Waals surface area contributed by atoms with Gasteiger partial charge in [-0.05, 0) is 17.9 Å². The van der Waals surface area contributed by atoms with Crippen molar-refractivity contribution in [1.29, 1.82) is 0 Å². The van der Waals surface area contributed by atoms with Crippen LogP contribution in [0.3, 0.4) is 0 Å². The molecule has 0 spiro atoms. The predicted molar refractivity (Wildman–Crippen MR) is 98.9 cm³/mol. The van der Waals surface area contributed by atoms with Gasteiger partial charge in [0.05, 0.1) is 24.3 Å². The third-order valence-electron chi connectivity index (χ3n) is 3.89. The van der Waals surface area contributed by atoms with Crippen LogP contribution < -0.4 is 20.9 Å². The van der Waals surface area contributed by atoms with Gasteiger partial charge in [-0.25, -0.2) is 4.98 Å². The van der Waals surface area contributed by atoms with Crippen molar-refractivity contribution >= 4 is 35.1 Å². The highest BCUT2D eigenvalue weighted by molar-refractivity contribution is 7.99. The lowest BCUT2D eigenvalue weighted by Gasteiger charge is -2.23. The number of carbonyl (C=O) groups is 2. The van der Waals surface area contributed by atoms with Crippen molar-refractivity contribution in [3.05, 3.63) is 40.2 Å². The molecular formula is C17H18N4O4S. The number of H-pyrrole nitrogens is 1.